The van der Waals surface area contributed by atoms with Crippen LogP contribution in [-0.2, 0) is 0 Å². The third-order valence-electron chi connectivity index (χ3n) is 3.91. The van der Waals surface area contributed by atoms with E-state index in [9.17, 15) is 9.59 Å². The van der Waals surface area contributed by atoms with E-state index in [1.54, 1.807) is 55.6 Å². The molecule has 0 fully saturated rings. The van der Waals surface area contributed by atoms with Crippen molar-refractivity contribution >= 4 is 22.9 Å². The Kier molecular flexibility index (Phi) is 4.13. The first-order valence-corrected chi connectivity index (χ1v) is 7.95. The van der Waals surface area contributed by atoms with Gasteiger partial charge in [-0.15, -0.1) is 5.10 Å². The minimum Gasteiger partial charge on any atom is -0.497 e. The van der Waals surface area contributed by atoms with Gasteiger partial charge >= 0.3 is 6.01 Å². The molecule has 0 atom stereocenters. The van der Waals surface area contributed by atoms with Gasteiger partial charge in [-0.1, -0.05) is 17.2 Å². The van der Waals surface area contributed by atoms with Gasteiger partial charge in [0.15, 0.2) is 0 Å². The summed E-state index contributed by atoms with van der Waals surface area (Å²) in [4.78, 5) is 24.8. The average molecular weight is 363 g/mol. The summed E-state index contributed by atoms with van der Waals surface area (Å²) in [5, 5.41) is 10.4. The van der Waals surface area contributed by atoms with Gasteiger partial charge in [0.1, 0.15) is 23.2 Å². The Morgan fingerprint density at radius 2 is 1.85 bits per heavy atom. The van der Waals surface area contributed by atoms with E-state index >= 15 is 0 Å². The lowest BCUT2D eigenvalue weighted by Gasteiger charge is -2.01. The third kappa shape index (κ3) is 3.15. The molecular weight excluding hydrogens is 350 g/mol. The number of nitrogens with one attached hydrogen (secondary N) is 1. The van der Waals surface area contributed by atoms with Crippen molar-refractivity contribution < 1.29 is 18.4 Å². The van der Waals surface area contributed by atoms with Crippen molar-refractivity contribution in [2.45, 2.75) is 0 Å². The van der Waals surface area contributed by atoms with Crippen molar-refractivity contribution in [3.63, 3.8) is 0 Å². The maximum absolute atomic E-state index is 12.4. The predicted molar refractivity (Wildman–Crippen MR) is 96.7 cm³/mol. The zero-order chi connectivity index (χ0) is 18.8. The second-order valence-corrected chi connectivity index (χ2v) is 5.57. The Labute approximate surface area is 152 Å². The molecule has 4 aromatic rings. The first-order chi connectivity index (χ1) is 13.2. The molecule has 2 aromatic heterocycles. The predicted octanol–water partition coefficient (Wildman–Crippen LogP) is 3.10. The summed E-state index contributed by atoms with van der Waals surface area (Å²) in [6, 6.07) is 13.5. The molecular formula is C19H13N3O5. The molecule has 1 N–H and O–H groups in total. The zero-order valence-electron chi connectivity index (χ0n) is 14.1. The fourth-order valence-electron chi connectivity index (χ4n) is 2.52. The van der Waals surface area contributed by atoms with Crippen LogP contribution in [0.25, 0.3) is 22.4 Å². The molecule has 0 saturated carbocycles. The van der Waals surface area contributed by atoms with Gasteiger partial charge in [0.25, 0.3) is 5.91 Å². The van der Waals surface area contributed by atoms with Crippen LogP contribution in [0, 0.1) is 0 Å². The maximum Gasteiger partial charge on any atom is 0.322 e. The van der Waals surface area contributed by atoms with E-state index in [0.29, 0.717) is 22.3 Å². The molecule has 2 heterocycles. The smallest absolute Gasteiger partial charge is 0.322 e. The minimum absolute atomic E-state index is 0.127. The molecule has 0 spiro atoms. The van der Waals surface area contributed by atoms with E-state index in [0.717, 1.165) is 6.26 Å². The summed E-state index contributed by atoms with van der Waals surface area (Å²) in [7, 11) is 1.57. The summed E-state index contributed by atoms with van der Waals surface area (Å²) in [6.45, 7) is 0. The quantitative estimate of drug-likeness (QED) is 0.593. The van der Waals surface area contributed by atoms with Crippen molar-refractivity contribution in [2.75, 3.05) is 12.4 Å². The normalized spacial score (nSPS) is 10.7. The Bertz CT molecular complexity index is 1180. The highest BCUT2D eigenvalue weighted by molar-refractivity contribution is 6.04. The number of rotatable bonds is 4. The van der Waals surface area contributed by atoms with Gasteiger partial charge in [0.2, 0.25) is 11.3 Å². The van der Waals surface area contributed by atoms with E-state index in [1.807, 2.05) is 0 Å². The molecule has 27 heavy (non-hydrogen) atoms. The average Bonchev–Trinajstić information content (AvgIpc) is 3.17. The highest BCUT2D eigenvalue weighted by Gasteiger charge is 2.17. The van der Waals surface area contributed by atoms with Crippen LogP contribution in [0.5, 0.6) is 5.75 Å². The minimum atomic E-state index is -0.695. The maximum atomic E-state index is 12.4. The van der Waals surface area contributed by atoms with E-state index in [4.69, 9.17) is 13.6 Å². The van der Waals surface area contributed by atoms with Crippen LogP contribution in [0.15, 0.2) is 68.4 Å². The lowest BCUT2D eigenvalue weighted by molar-refractivity contribution is 0.102. The number of amides is 1. The monoisotopic (exact) mass is 363 g/mol. The fourth-order valence-corrected chi connectivity index (χ4v) is 2.52. The van der Waals surface area contributed by atoms with Gasteiger partial charge in [-0.3, -0.25) is 14.9 Å². The van der Waals surface area contributed by atoms with Crippen molar-refractivity contribution in [1.29, 1.82) is 0 Å². The van der Waals surface area contributed by atoms with Gasteiger partial charge in [-0.2, -0.15) is 0 Å². The van der Waals surface area contributed by atoms with Crippen LogP contribution in [-0.4, -0.2) is 23.2 Å². The SMILES string of the molecule is COc1ccc(-c2nnc(NC(=O)c3coc4ccccc4c3=O)o2)cc1. The molecule has 0 aliphatic heterocycles. The summed E-state index contributed by atoms with van der Waals surface area (Å²) >= 11 is 0. The van der Waals surface area contributed by atoms with E-state index < -0.39 is 11.3 Å². The number of carbonyl (C=O) groups excluding carboxylic acids is 1. The van der Waals surface area contributed by atoms with Crippen LogP contribution in [0.3, 0.4) is 0 Å². The molecule has 0 bridgehead atoms. The second kappa shape index (κ2) is 6.75. The second-order valence-electron chi connectivity index (χ2n) is 5.57. The molecule has 8 nitrogen and oxygen atoms in total. The van der Waals surface area contributed by atoms with E-state index in [1.165, 1.54) is 0 Å². The summed E-state index contributed by atoms with van der Waals surface area (Å²) in [5.41, 5.74) is 0.467. The lowest BCUT2D eigenvalue weighted by Crippen LogP contribution is -2.21. The Morgan fingerprint density at radius 1 is 1.07 bits per heavy atom. The van der Waals surface area contributed by atoms with Crippen molar-refractivity contribution in [3.05, 3.63) is 70.6 Å². The van der Waals surface area contributed by atoms with Gasteiger partial charge in [-0.05, 0) is 36.4 Å². The number of hydrogen-bond acceptors (Lipinski definition) is 7. The van der Waals surface area contributed by atoms with Crippen LogP contribution < -0.4 is 15.5 Å². The van der Waals surface area contributed by atoms with Gasteiger partial charge in [-0.25, -0.2) is 0 Å². The largest absolute Gasteiger partial charge is 0.497 e. The number of fused-ring (bicyclic) bond motifs is 1. The van der Waals surface area contributed by atoms with E-state index in [-0.39, 0.29) is 17.5 Å². The number of anilines is 1. The highest BCUT2D eigenvalue weighted by atomic mass is 16.5. The summed E-state index contributed by atoms with van der Waals surface area (Å²) in [6.07, 6.45) is 1.11. The summed E-state index contributed by atoms with van der Waals surface area (Å²) < 4.78 is 15.9. The van der Waals surface area contributed by atoms with Crippen molar-refractivity contribution in [1.82, 2.24) is 10.2 Å². The molecule has 134 valence electrons. The number of ether oxygens (including phenoxy) is 1. The van der Waals surface area contributed by atoms with Crippen molar-refractivity contribution in [3.8, 4) is 17.2 Å². The number of methoxy groups -OCH3 is 1. The molecule has 4 rings (SSSR count). The van der Waals surface area contributed by atoms with E-state index in [2.05, 4.69) is 15.5 Å². The molecule has 0 radical (unpaired) electrons. The van der Waals surface area contributed by atoms with Gasteiger partial charge in [0.05, 0.1) is 12.5 Å². The highest BCUT2D eigenvalue weighted by Crippen LogP contribution is 2.22. The van der Waals surface area contributed by atoms with Gasteiger partial charge in [0, 0.05) is 5.56 Å². The fraction of sp³-hybridized carbons (Fsp3) is 0.0526. The number of benzene rings is 2. The molecule has 8 heteroatoms. The van der Waals surface area contributed by atoms with Crippen LogP contribution in [0.1, 0.15) is 10.4 Å². The number of carbonyl (C=O) groups is 1. The molecule has 1 amide bonds. The van der Waals surface area contributed by atoms with Crippen LogP contribution in [0.4, 0.5) is 6.01 Å². The zero-order valence-corrected chi connectivity index (χ0v) is 14.1. The molecule has 0 aliphatic carbocycles. The standard InChI is InChI=1S/C19H13N3O5/c1-25-12-8-6-11(7-9-12)18-21-22-19(27-18)20-17(24)14-10-26-15-5-3-2-4-13(15)16(14)23/h2-10H,1H3,(H,20,22,24). The number of hydrogen-bond donors (Lipinski definition) is 1. The first kappa shape index (κ1) is 16.5. The lowest BCUT2D eigenvalue weighted by atomic mass is 10.1. The Balaban J connectivity index is 1.58. The Hall–Kier alpha value is -3.94. The summed E-state index contributed by atoms with van der Waals surface area (Å²) in [5.74, 6) is 0.216. The Morgan fingerprint density at radius 3 is 2.63 bits per heavy atom. The molecule has 2 aromatic carbocycles. The molecule has 0 aliphatic rings. The molecule has 0 saturated heterocycles. The number of para-hydroxylation sites is 1. The van der Waals surface area contributed by atoms with Crippen molar-refractivity contribution in [2.24, 2.45) is 0 Å². The molecule has 0 unspecified atom stereocenters. The van der Waals surface area contributed by atoms with Gasteiger partial charge < -0.3 is 13.6 Å². The first-order valence-electron chi connectivity index (χ1n) is 7.95. The number of aromatic nitrogens is 2. The van der Waals surface area contributed by atoms with Crippen LogP contribution >= 0.6 is 0 Å². The third-order valence-corrected chi connectivity index (χ3v) is 3.91. The van der Waals surface area contributed by atoms with Crippen LogP contribution in [0.2, 0.25) is 0 Å². The topological polar surface area (TPSA) is 107 Å². The number of nitrogens with zero attached hydrogens (tertiary/aromatic N) is 2.